The zero-order chi connectivity index (χ0) is 8.44. The number of aromatic nitrogens is 2. The lowest BCUT2D eigenvalue weighted by Gasteiger charge is -2.09. The summed E-state index contributed by atoms with van der Waals surface area (Å²) in [5.41, 5.74) is 1.46. The van der Waals surface area contributed by atoms with E-state index in [0.717, 1.165) is 12.2 Å². The summed E-state index contributed by atoms with van der Waals surface area (Å²) in [6.07, 6.45) is 5.95. The van der Waals surface area contributed by atoms with Crippen molar-refractivity contribution in [1.29, 1.82) is 0 Å². The third-order valence-electron chi connectivity index (χ3n) is 2.34. The van der Waals surface area contributed by atoms with Crippen molar-refractivity contribution in [2.75, 3.05) is 0 Å². The Hall–Kier alpha value is -0.960. The van der Waals surface area contributed by atoms with Crippen molar-refractivity contribution in [3.05, 3.63) is 24.3 Å². The average molecular weight is 163 g/mol. The molecule has 1 aromatic rings. The molecule has 0 amide bonds. The standard InChI is InChI=1S/C9H13N3/c1-9(3-4-9)12-6-8-2-5-10-7-11-8/h2,5,7,12H,3-4,6H2,1H3. The molecule has 64 valence electrons. The third-order valence-corrected chi connectivity index (χ3v) is 2.34. The fourth-order valence-corrected chi connectivity index (χ4v) is 1.09. The van der Waals surface area contributed by atoms with E-state index in [0.29, 0.717) is 5.54 Å². The van der Waals surface area contributed by atoms with Crippen LogP contribution in [0.2, 0.25) is 0 Å². The Morgan fingerprint density at radius 1 is 1.58 bits per heavy atom. The van der Waals surface area contributed by atoms with Crippen LogP contribution in [-0.2, 0) is 6.54 Å². The van der Waals surface area contributed by atoms with Crippen molar-refractivity contribution in [3.63, 3.8) is 0 Å². The highest BCUT2D eigenvalue weighted by Crippen LogP contribution is 2.34. The zero-order valence-electron chi connectivity index (χ0n) is 7.25. The smallest absolute Gasteiger partial charge is 0.115 e. The van der Waals surface area contributed by atoms with Crippen LogP contribution >= 0.6 is 0 Å². The van der Waals surface area contributed by atoms with Crippen LogP contribution in [0, 0.1) is 0 Å². The molecule has 0 unspecified atom stereocenters. The molecule has 0 bridgehead atoms. The molecule has 12 heavy (non-hydrogen) atoms. The minimum atomic E-state index is 0.394. The first-order valence-corrected chi connectivity index (χ1v) is 4.28. The van der Waals surface area contributed by atoms with Gasteiger partial charge in [0.25, 0.3) is 0 Å². The van der Waals surface area contributed by atoms with Gasteiger partial charge in [0.05, 0.1) is 5.69 Å². The number of hydrogen-bond acceptors (Lipinski definition) is 3. The largest absolute Gasteiger partial charge is 0.306 e. The van der Waals surface area contributed by atoms with Gasteiger partial charge in [-0.05, 0) is 25.8 Å². The molecule has 2 rings (SSSR count). The second-order valence-corrected chi connectivity index (χ2v) is 3.61. The van der Waals surface area contributed by atoms with Gasteiger partial charge in [0.2, 0.25) is 0 Å². The van der Waals surface area contributed by atoms with Crippen LogP contribution in [0.25, 0.3) is 0 Å². The van der Waals surface area contributed by atoms with E-state index in [-0.39, 0.29) is 0 Å². The molecule has 0 spiro atoms. The van der Waals surface area contributed by atoms with Crippen molar-refractivity contribution in [3.8, 4) is 0 Å². The molecule has 1 aromatic heterocycles. The normalized spacial score (nSPS) is 19.1. The number of hydrogen-bond donors (Lipinski definition) is 1. The maximum Gasteiger partial charge on any atom is 0.115 e. The van der Waals surface area contributed by atoms with Crippen LogP contribution in [0.1, 0.15) is 25.5 Å². The Bertz CT molecular complexity index is 254. The fourth-order valence-electron chi connectivity index (χ4n) is 1.09. The Morgan fingerprint density at radius 3 is 3.00 bits per heavy atom. The molecule has 1 heterocycles. The summed E-state index contributed by atoms with van der Waals surface area (Å²) < 4.78 is 0. The molecule has 1 fully saturated rings. The van der Waals surface area contributed by atoms with E-state index >= 15 is 0 Å². The topological polar surface area (TPSA) is 37.8 Å². The van der Waals surface area contributed by atoms with Crippen LogP contribution in [0.5, 0.6) is 0 Å². The minimum absolute atomic E-state index is 0.394. The van der Waals surface area contributed by atoms with Gasteiger partial charge in [0, 0.05) is 18.3 Å². The molecular formula is C9H13N3. The van der Waals surface area contributed by atoms with E-state index < -0.39 is 0 Å². The first-order chi connectivity index (χ1) is 5.79. The maximum atomic E-state index is 4.14. The zero-order valence-corrected chi connectivity index (χ0v) is 7.25. The SMILES string of the molecule is CC1(NCc2ccncn2)CC1. The van der Waals surface area contributed by atoms with Crippen LogP contribution in [0.3, 0.4) is 0 Å². The molecule has 1 aliphatic rings. The highest BCUT2D eigenvalue weighted by Gasteiger charge is 2.36. The van der Waals surface area contributed by atoms with Gasteiger partial charge in [-0.15, -0.1) is 0 Å². The molecule has 0 atom stereocenters. The number of nitrogens with one attached hydrogen (secondary N) is 1. The van der Waals surface area contributed by atoms with E-state index in [1.807, 2.05) is 6.07 Å². The van der Waals surface area contributed by atoms with Crippen LogP contribution < -0.4 is 5.32 Å². The first-order valence-electron chi connectivity index (χ1n) is 4.28. The summed E-state index contributed by atoms with van der Waals surface area (Å²) >= 11 is 0. The Balaban J connectivity index is 1.88. The third kappa shape index (κ3) is 1.80. The fraction of sp³-hybridized carbons (Fsp3) is 0.556. The van der Waals surface area contributed by atoms with Crippen molar-refractivity contribution < 1.29 is 0 Å². The summed E-state index contributed by atoms with van der Waals surface area (Å²) in [6.45, 7) is 3.10. The van der Waals surface area contributed by atoms with Crippen molar-refractivity contribution >= 4 is 0 Å². The lowest BCUT2D eigenvalue weighted by atomic mass is 10.3. The lowest BCUT2D eigenvalue weighted by molar-refractivity contribution is 0.531. The average Bonchev–Trinajstić information content (AvgIpc) is 2.84. The van der Waals surface area contributed by atoms with Crippen molar-refractivity contribution in [2.24, 2.45) is 0 Å². The molecule has 0 aliphatic heterocycles. The van der Waals surface area contributed by atoms with E-state index in [1.54, 1.807) is 12.5 Å². The number of nitrogens with zero attached hydrogens (tertiary/aromatic N) is 2. The van der Waals surface area contributed by atoms with E-state index in [4.69, 9.17) is 0 Å². The van der Waals surface area contributed by atoms with Crippen LogP contribution in [0.15, 0.2) is 18.6 Å². The number of rotatable bonds is 3. The van der Waals surface area contributed by atoms with Gasteiger partial charge < -0.3 is 5.32 Å². The Labute approximate surface area is 72.2 Å². The second-order valence-electron chi connectivity index (χ2n) is 3.61. The van der Waals surface area contributed by atoms with E-state index in [1.165, 1.54) is 12.8 Å². The molecule has 3 heteroatoms. The molecule has 0 radical (unpaired) electrons. The quantitative estimate of drug-likeness (QED) is 0.725. The minimum Gasteiger partial charge on any atom is -0.306 e. The lowest BCUT2D eigenvalue weighted by Crippen LogP contribution is -2.27. The van der Waals surface area contributed by atoms with E-state index in [9.17, 15) is 0 Å². The maximum absolute atomic E-state index is 4.14. The summed E-state index contributed by atoms with van der Waals surface area (Å²) in [5.74, 6) is 0. The first kappa shape index (κ1) is 7.68. The van der Waals surface area contributed by atoms with Crippen molar-refractivity contribution in [1.82, 2.24) is 15.3 Å². The Morgan fingerprint density at radius 2 is 2.42 bits per heavy atom. The highest BCUT2D eigenvalue weighted by atomic mass is 15.0. The molecule has 0 aromatic carbocycles. The molecule has 0 saturated heterocycles. The highest BCUT2D eigenvalue weighted by molar-refractivity contribution is 5.02. The van der Waals surface area contributed by atoms with Gasteiger partial charge in [-0.1, -0.05) is 0 Å². The van der Waals surface area contributed by atoms with Gasteiger partial charge in [0.1, 0.15) is 6.33 Å². The molecule has 1 N–H and O–H groups in total. The van der Waals surface area contributed by atoms with Gasteiger partial charge in [-0.2, -0.15) is 0 Å². The van der Waals surface area contributed by atoms with Gasteiger partial charge in [-0.25, -0.2) is 9.97 Å². The summed E-state index contributed by atoms with van der Waals surface area (Å²) in [7, 11) is 0. The predicted molar refractivity (Wildman–Crippen MR) is 46.5 cm³/mol. The summed E-state index contributed by atoms with van der Waals surface area (Å²) in [6, 6.07) is 1.94. The van der Waals surface area contributed by atoms with Crippen molar-refractivity contribution in [2.45, 2.75) is 31.8 Å². The molecular weight excluding hydrogens is 150 g/mol. The Kier molecular flexibility index (Phi) is 1.81. The van der Waals surface area contributed by atoms with E-state index in [2.05, 4.69) is 22.2 Å². The summed E-state index contributed by atoms with van der Waals surface area (Å²) in [5, 5.41) is 3.46. The van der Waals surface area contributed by atoms with Gasteiger partial charge >= 0.3 is 0 Å². The summed E-state index contributed by atoms with van der Waals surface area (Å²) in [4.78, 5) is 8.00. The molecule has 1 saturated carbocycles. The van der Waals surface area contributed by atoms with Crippen LogP contribution in [0.4, 0.5) is 0 Å². The molecule has 3 nitrogen and oxygen atoms in total. The monoisotopic (exact) mass is 163 g/mol. The van der Waals surface area contributed by atoms with Gasteiger partial charge in [0.15, 0.2) is 0 Å². The molecule has 1 aliphatic carbocycles. The van der Waals surface area contributed by atoms with Crippen LogP contribution in [-0.4, -0.2) is 15.5 Å². The second kappa shape index (κ2) is 2.83. The van der Waals surface area contributed by atoms with Gasteiger partial charge in [-0.3, -0.25) is 0 Å². The predicted octanol–water partition coefficient (Wildman–Crippen LogP) is 1.12.